The van der Waals surface area contributed by atoms with Gasteiger partial charge in [0.2, 0.25) is 11.8 Å². The molecule has 248 valence electrons. The normalized spacial score (nSPS) is 23.0. The van der Waals surface area contributed by atoms with Crippen LogP contribution < -0.4 is 10.6 Å². The summed E-state index contributed by atoms with van der Waals surface area (Å²) in [5, 5.41) is 45.4. The first-order valence-electron chi connectivity index (χ1n) is 16.8. The van der Waals surface area contributed by atoms with E-state index in [2.05, 4.69) is 24.5 Å². The summed E-state index contributed by atoms with van der Waals surface area (Å²) in [6.45, 7) is 4.03. The Hall–Kier alpha value is -1.30. The molecular formula is C32H62N2O8. The van der Waals surface area contributed by atoms with Crippen molar-refractivity contribution >= 4 is 11.8 Å². The highest BCUT2D eigenvalue weighted by Gasteiger charge is 2.44. The third-order valence-corrected chi connectivity index (χ3v) is 8.01. The third-order valence-electron chi connectivity index (χ3n) is 8.01. The second-order valence-corrected chi connectivity index (χ2v) is 11.8. The zero-order chi connectivity index (χ0) is 31.0. The van der Waals surface area contributed by atoms with Crippen LogP contribution in [0.15, 0.2) is 0 Å². The number of carbonyl (C=O) groups is 2. The van der Waals surface area contributed by atoms with Gasteiger partial charge >= 0.3 is 0 Å². The van der Waals surface area contributed by atoms with Gasteiger partial charge < -0.3 is 40.5 Å². The fourth-order valence-electron chi connectivity index (χ4n) is 5.21. The molecule has 0 unspecified atom stereocenters. The van der Waals surface area contributed by atoms with Gasteiger partial charge in [-0.2, -0.15) is 0 Å². The van der Waals surface area contributed by atoms with E-state index in [1.807, 2.05) is 0 Å². The zero-order valence-electron chi connectivity index (χ0n) is 26.4. The molecule has 42 heavy (non-hydrogen) atoms. The first kappa shape index (κ1) is 38.7. The average Bonchev–Trinajstić information content (AvgIpc) is 2.98. The minimum absolute atomic E-state index is 0.251. The Morgan fingerprint density at radius 1 is 0.714 bits per heavy atom. The number of amides is 2. The Morgan fingerprint density at radius 3 is 1.74 bits per heavy atom. The largest absolute Gasteiger partial charge is 0.394 e. The van der Waals surface area contributed by atoms with Crippen LogP contribution >= 0.6 is 0 Å². The zero-order valence-corrected chi connectivity index (χ0v) is 26.4. The molecular weight excluding hydrogens is 540 g/mol. The number of ether oxygens (including phenoxy) is 2. The van der Waals surface area contributed by atoms with Crippen LogP contribution in [-0.2, 0) is 19.1 Å². The Morgan fingerprint density at radius 2 is 1.21 bits per heavy atom. The molecule has 1 rings (SSSR count). The highest BCUT2D eigenvalue weighted by atomic mass is 16.7. The Bertz CT molecular complexity index is 681. The predicted octanol–water partition coefficient (Wildman–Crippen LogP) is 3.86. The summed E-state index contributed by atoms with van der Waals surface area (Å²) in [6, 6.07) is -1.01. The Kier molecular flexibility index (Phi) is 23.1. The van der Waals surface area contributed by atoms with Crippen molar-refractivity contribution in [1.29, 1.82) is 0 Å². The quantitative estimate of drug-likeness (QED) is 0.0815. The van der Waals surface area contributed by atoms with Gasteiger partial charge in [0.1, 0.15) is 30.5 Å². The van der Waals surface area contributed by atoms with Crippen molar-refractivity contribution in [1.82, 2.24) is 10.6 Å². The van der Waals surface area contributed by atoms with Crippen LogP contribution in [0, 0.1) is 0 Å². The summed E-state index contributed by atoms with van der Waals surface area (Å²) in [4.78, 5) is 25.7. The highest BCUT2D eigenvalue weighted by Crippen LogP contribution is 2.22. The van der Waals surface area contributed by atoms with E-state index < -0.39 is 43.4 Å². The monoisotopic (exact) mass is 602 g/mol. The molecule has 0 saturated carbocycles. The third kappa shape index (κ3) is 17.1. The Labute approximate surface area is 254 Å². The van der Waals surface area contributed by atoms with Gasteiger partial charge in [-0.15, -0.1) is 0 Å². The maximum atomic E-state index is 13.0. The van der Waals surface area contributed by atoms with Crippen molar-refractivity contribution in [2.45, 2.75) is 173 Å². The summed E-state index contributed by atoms with van der Waals surface area (Å²) in [5.41, 5.74) is 0. The van der Waals surface area contributed by atoms with Crippen LogP contribution in [0.25, 0.3) is 0 Å². The molecule has 6 N–H and O–H groups in total. The molecule has 0 aromatic heterocycles. The molecule has 0 aromatic carbocycles. The van der Waals surface area contributed by atoms with Crippen molar-refractivity contribution in [3.05, 3.63) is 0 Å². The molecule has 6 atom stereocenters. The van der Waals surface area contributed by atoms with E-state index in [0.29, 0.717) is 13.0 Å². The van der Waals surface area contributed by atoms with Gasteiger partial charge in [-0.25, -0.2) is 0 Å². The SMILES string of the molecule is CCCCCCCCCCCNC(=O)[C@H](CO[C@H]1O[C@H](CO)[C@H](O)[C@H](O)[C@H]1O)NC(=O)CCCCCCCCCCC. The van der Waals surface area contributed by atoms with Gasteiger partial charge in [-0.05, 0) is 12.8 Å². The van der Waals surface area contributed by atoms with Gasteiger partial charge in [0.15, 0.2) is 6.29 Å². The topological polar surface area (TPSA) is 158 Å². The standard InChI is InChI=1S/C32H62N2O8/c1-3-5-7-9-11-13-15-17-19-21-27(36)34-25(24-41-32-30(39)29(38)28(37)26(23-35)42-32)31(40)33-22-20-18-16-14-12-10-8-6-4-2/h25-26,28-30,32,35,37-39H,3-24H2,1-2H3,(H,33,40)(H,34,36)/t25-,26+,28-,29-,30+,32-/m0/s1. The second-order valence-electron chi connectivity index (χ2n) is 11.8. The first-order valence-corrected chi connectivity index (χ1v) is 16.8. The number of nitrogens with one attached hydrogen (secondary N) is 2. The predicted molar refractivity (Wildman–Crippen MR) is 164 cm³/mol. The fraction of sp³-hybridized carbons (Fsp3) is 0.938. The second kappa shape index (κ2) is 25.1. The molecule has 10 heteroatoms. The van der Waals surface area contributed by atoms with Gasteiger partial charge in [-0.3, -0.25) is 9.59 Å². The first-order chi connectivity index (χ1) is 20.3. The lowest BCUT2D eigenvalue weighted by atomic mass is 9.99. The molecule has 0 spiro atoms. The number of hydrogen-bond acceptors (Lipinski definition) is 8. The van der Waals surface area contributed by atoms with Crippen LogP contribution in [0.5, 0.6) is 0 Å². The van der Waals surface area contributed by atoms with E-state index >= 15 is 0 Å². The van der Waals surface area contributed by atoms with Crippen molar-refractivity contribution in [2.24, 2.45) is 0 Å². The smallest absolute Gasteiger partial charge is 0.244 e. The number of rotatable bonds is 26. The van der Waals surface area contributed by atoms with Gasteiger partial charge in [0.25, 0.3) is 0 Å². The molecule has 1 saturated heterocycles. The number of aliphatic hydroxyl groups excluding tert-OH is 4. The number of carbonyl (C=O) groups excluding carboxylic acids is 2. The van der Waals surface area contributed by atoms with Crippen LogP contribution in [0.1, 0.15) is 136 Å². The molecule has 1 heterocycles. The minimum atomic E-state index is -1.58. The molecule has 0 bridgehead atoms. The minimum Gasteiger partial charge on any atom is -0.394 e. The number of aliphatic hydroxyl groups is 4. The molecule has 0 aromatic rings. The maximum Gasteiger partial charge on any atom is 0.244 e. The lowest BCUT2D eigenvalue weighted by molar-refractivity contribution is -0.301. The molecule has 2 amide bonds. The summed E-state index contributed by atoms with van der Waals surface area (Å²) < 4.78 is 11.0. The van der Waals surface area contributed by atoms with Crippen LogP contribution in [0.4, 0.5) is 0 Å². The molecule has 0 aliphatic carbocycles. The molecule has 1 aliphatic heterocycles. The summed E-state index contributed by atoms with van der Waals surface area (Å²) in [6.07, 6.45) is 13.9. The molecule has 0 radical (unpaired) electrons. The van der Waals surface area contributed by atoms with E-state index in [0.717, 1.165) is 38.5 Å². The fourth-order valence-corrected chi connectivity index (χ4v) is 5.21. The van der Waals surface area contributed by atoms with E-state index in [9.17, 15) is 30.0 Å². The van der Waals surface area contributed by atoms with Crippen molar-refractivity contribution in [2.75, 3.05) is 19.8 Å². The highest BCUT2D eigenvalue weighted by molar-refractivity contribution is 5.87. The van der Waals surface area contributed by atoms with E-state index in [4.69, 9.17) is 9.47 Å². The molecule has 1 fully saturated rings. The van der Waals surface area contributed by atoms with E-state index in [1.54, 1.807) is 0 Å². The van der Waals surface area contributed by atoms with Crippen LogP contribution in [0.2, 0.25) is 0 Å². The van der Waals surface area contributed by atoms with Crippen molar-refractivity contribution in [3.8, 4) is 0 Å². The van der Waals surface area contributed by atoms with E-state index in [-0.39, 0.29) is 18.4 Å². The van der Waals surface area contributed by atoms with Crippen LogP contribution in [0.3, 0.4) is 0 Å². The molecule has 1 aliphatic rings. The van der Waals surface area contributed by atoms with Crippen LogP contribution in [-0.4, -0.2) is 88.7 Å². The number of unbranched alkanes of at least 4 members (excludes halogenated alkanes) is 16. The van der Waals surface area contributed by atoms with Crippen molar-refractivity contribution in [3.63, 3.8) is 0 Å². The maximum absolute atomic E-state index is 13.0. The molecule has 10 nitrogen and oxygen atoms in total. The van der Waals surface area contributed by atoms with Gasteiger partial charge in [-0.1, -0.05) is 117 Å². The van der Waals surface area contributed by atoms with Crippen molar-refractivity contribution < 1.29 is 39.5 Å². The summed E-state index contributed by atoms with van der Waals surface area (Å²) in [7, 11) is 0. The van der Waals surface area contributed by atoms with E-state index in [1.165, 1.54) is 77.0 Å². The lowest BCUT2D eigenvalue weighted by Crippen LogP contribution is -2.60. The lowest BCUT2D eigenvalue weighted by Gasteiger charge is -2.39. The number of hydrogen-bond donors (Lipinski definition) is 6. The average molecular weight is 603 g/mol. The van der Waals surface area contributed by atoms with Gasteiger partial charge in [0, 0.05) is 13.0 Å². The Balaban J connectivity index is 2.49. The summed E-state index contributed by atoms with van der Waals surface area (Å²) >= 11 is 0. The van der Waals surface area contributed by atoms with Gasteiger partial charge in [0.05, 0.1) is 13.2 Å². The summed E-state index contributed by atoms with van der Waals surface area (Å²) in [5.74, 6) is -0.641.